The Kier molecular flexibility index (Phi) is 4.77. The van der Waals surface area contributed by atoms with Gasteiger partial charge in [0.05, 0.1) is 11.2 Å². The molecule has 120 valence electrons. The van der Waals surface area contributed by atoms with Crippen molar-refractivity contribution in [3.05, 3.63) is 17.0 Å². The number of hydrogen-bond donors (Lipinski definition) is 0. The molecule has 2 heterocycles. The Morgan fingerprint density at radius 2 is 1.81 bits per heavy atom. The molecule has 0 aromatic carbocycles. The molecule has 21 heavy (non-hydrogen) atoms. The molecule has 0 bridgehead atoms. The first-order valence-corrected chi connectivity index (χ1v) is 9.70. The predicted octanol–water partition coefficient (Wildman–Crippen LogP) is 3.11. The molecule has 0 spiro atoms. The second kappa shape index (κ2) is 5.81. The molecule has 1 aromatic heterocycles. The molecule has 1 saturated heterocycles. The largest absolute Gasteiger partial charge is 0.367 e. The van der Waals surface area contributed by atoms with Gasteiger partial charge in [0.1, 0.15) is 4.21 Å². The summed E-state index contributed by atoms with van der Waals surface area (Å²) in [5.74, 6) is 0.498. The van der Waals surface area contributed by atoms with Gasteiger partial charge in [-0.2, -0.15) is 4.31 Å². The summed E-state index contributed by atoms with van der Waals surface area (Å²) in [6.07, 6.45) is 0.696. The van der Waals surface area contributed by atoms with Crippen molar-refractivity contribution in [3.63, 3.8) is 0 Å². The molecule has 0 N–H and O–H groups in total. The minimum absolute atomic E-state index is 0.363. The highest BCUT2D eigenvalue weighted by Gasteiger charge is 2.43. The standard InChI is InChI=1S/C14H22ClNO3S2/c1-13(2)9-16(10-14(3,4)19-13)21(17,18)12-6-5-11(20-12)7-8-15/h5-6H,7-10H2,1-4H3. The Hall–Kier alpha value is -0.140. The molecule has 0 amide bonds. The summed E-state index contributed by atoms with van der Waals surface area (Å²) in [5.41, 5.74) is -0.990. The van der Waals surface area contributed by atoms with Crippen LogP contribution in [0.3, 0.4) is 0 Å². The number of hydrogen-bond acceptors (Lipinski definition) is 4. The van der Waals surface area contributed by atoms with E-state index in [1.165, 1.54) is 15.6 Å². The Labute approximate surface area is 136 Å². The van der Waals surface area contributed by atoms with E-state index < -0.39 is 21.2 Å². The van der Waals surface area contributed by atoms with Crippen molar-refractivity contribution in [2.24, 2.45) is 0 Å². The van der Waals surface area contributed by atoms with Crippen LogP contribution in [0.1, 0.15) is 32.6 Å². The third-order valence-corrected chi connectivity index (χ3v) is 6.83. The SMILES string of the molecule is CC1(C)CN(S(=O)(=O)c2ccc(CCCl)s2)CC(C)(C)O1. The maximum atomic E-state index is 12.8. The highest BCUT2D eigenvalue weighted by atomic mass is 35.5. The third kappa shape index (κ3) is 3.99. The van der Waals surface area contributed by atoms with Gasteiger partial charge in [0, 0.05) is 23.8 Å². The van der Waals surface area contributed by atoms with E-state index in [2.05, 4.69) is 0 Å². The number of aryl methyl sites for hydroxylation is 1. The number of rotatable bonds is 4. The lowest BCUT2D eigenvalue weighted by atomic mass is 10.0. The van der Waals surface area contributed by atoms with E-state index in [-0.39, 0.29) is 0 Å². The van der Waals surface area contributed by atoms with Gasteiger partial charge in [0.25, 0.3) is 10.0 Å². The molecule has 1 aliphatic heterocycles. The number of halogens is 1. The van der Waals surface area contributed by atoms with Gasteiger partial charge in [0.2, 0.25) is 0 Å². The molecule has 0 aliphatic carbocycles. The van der Waals surface area contributed by atoms with Crippen molar-refractivity contribution in [1.82, 2.24) is 4.31 Å². The second-order valence-corrected chi connectivity index (χ2v) is 10.3. The molecule has 0 radical (unpaired) electrons. The van der Waals surface area contributed by atoms with Crippen LogP contribution in [0.4, 0.5) is 0 Å². The monoisotopic (exact) mass is 351 g/mol. The second-order valence-electron chi connectivity index (χ2n) is 6.55. The zero-order chi connectivity index (χ0) is 15.9. The first-order chi connectivity index (χ1) is 9.56. The van der Waals surface area contributed by atoms with Crippen molar-refractivity contribution in [2.75, 3.05) is 19.0 Å². The molecule has 2 rings (SSSR count). The van der Waals surface area contributed by atoms with Crippen LogP contribution in [0.15, 0.2) is 16.3 Å². The van der Waals surface area contributed by atoms with Crippen LogP contribution in [0, 0.1) is 0 Å². The number of sulfonamides is 1. The maximum Gasteiger partial charge on any atom is 0.252 e. The third-order valence-electron chi connectivity index (χ3n) is 3.24. The van der Waals surface area contributed by atoms with Crippen LogP contribution in [0.5, 0.6) is 0 Å². The fourth-order valence-electron chi connectivity index (χ4n) is 2.74. The van der Waals surface area contributed by atoms with Gasteiger partial charge >= 0.3 is 0 Å². The average molecular weight is 352 g/mol. The van der Waals surface area contributed by atoms with Crippen molar-refractivity contribution in [1.29, 1.82) is 0 Å². The number of nitrogens with zero attached hydrogens (tertiary/aromatic N) is 1. The number of ether oxygens (including phenoxy) is 1. The van der Waals surface area contributed by atoms with E-state index in [9.17, 15) is 8.42 Å². The lowest BCUT2D eigenvalue weighted by Gasteiger charge is -2.46. The van der Waals surface area contributed by atoms with E-state index in [0.717, 1.165) is 4.88 Å². The number of thiophene rings is 1. The van der Waals surface area contributed by atoms with Crippen molar-refractivity contribution < 1.29 is 13.2 Å². The first-order valence-electron chi connectivity index (χ1n) is 6.91. The first kappa shape index (κ1) is 17.2. The summed E-state index contributed by atoms with van der Waals surface area (Å²) in [6, 6.07) is 3.52. The van der Waals surface area contributed by atoms with Gasteiger partial charge in [-0.25, -0.2) is 8.42 Å². The van der Waals surface area contributed by atoms with Gasteiger partial charge in [0.15, 0.2) is 0 Å². The molecule has 4 nitrogen and oxygen atoms in total. The molecular weight excluding hydrogens is 330 g/mol. The van der Waals surface area contributed by atoms with Crippen LogP contribution in [-0.2, 0) is 21.2 Å². The van der Waals surface area contributed by atoms with Crippen molar-refractivity contribution in [3.8, 4) is 0 Å². The van der Waals surface area contributed by atoms with E-state index in [1.807, 2.05) is 33.8 Å². The topological polar surface area (TPSA) is 46.6 Å². The van der Waals surface area contributed by atoms with Crippen LogP contribution in [0.25, 0.3) is 0 Å². The fourth-order valence-corrected chi connectivity index (χ4v) is 6.30. The Morgan fingerprint density at radius 1 is 1.24 bits per heavy atom. The lowest BCUT2D eigenvalue weighted by Crippen LogP contribution is -2.58. The summed E-state index contributed by atoms with van der Waals surface area (Å²) in [6.45, 7) is 8.41. The summed E-state index contributed by atoms with van der Waals surface area (Å²) in [5, 5.41) is 0. The van der Waals surface area contributed by atoms with Crippen LogP contribution in [0.2, 0.25) is 0 Å². The molecule has 0 saturated carbocycles. The van der Waals surface area contributed by atoms with Gasteiger partial charge in [-0.15, -0.1) is 22.9 Å². The van der Waals surface area contributed by atoms with Gasteiger partial charge in [-0.05, 0) is 46.2 Å². The Bertz CT molecular complexity index is 591. The molecule has 1 aliphatic rings. The summed E-state index contributed by atoms with van der Waals surface area (Å²) < 4.78 is 33.5. The average Bonchev–Trinajstić information content (AvgIpc) is 2.74. The van der Waals surface area contributed by atoms with Gasteiger partial charge < -0.3 is 4.74 Å². The zero-order valence-electron chi connectivity index (χ0n) is 12.8. The van der Waals surface area contributed by atoms with Crippen molar-refractivity contribution >= 4 is 33.0 Å². The van der Waals surface area contributed by atoms with Crippen molar-refractivity contribution in [2.45, 2.75) is 49.5 Å². The highest BCUT2D eigenvalue weighted by Crippen LogP contribution is 2.33. The van der Waals surface area contributed by atoms with E-state index in [1.54, 1.807) is 6.07 Å². The molecule has 0 atom stereocenters. The number of alkyl halides is 1. The summed E-state index contributed by atoms with van der Waals surface area (Å²) in [4.78, 5) is 0.996. The zero-order valence-corrected chi connectivity index (χ0v) is 15.2. The quantitative estimate of drug-likeness (QED) is 0.783. The highest BCUT2D eigenvalue weighted by molar-refractivity contribution is 7.91. The smallest absolute Gasteiger partial charge is 0.252 e. The van der Waals surface area contributed by atoms with E-state index in [4.69, 9.17) is 16.3 Å². The minimum atomic E-state index is -3.47. The van der Waals surface area contributed by atoms with Crippen LogP contribution < -0.4 is 0 Å². The van der Waals surface area contributed by atoms with E-state index >= 15 is 0 Å². The lowest BCUT2D eigenvalue weighted by molar-refractivity contribution is -0.163. The normalized spacial score (nSPS) is 22.3. The Morgan fingerprint density at radius 3 is 2.33 bits per heavy atom. The number of morpholine rings is 1. The van der Waals surface area contributed by atoms with E-state index in [0.29, 0.717) is 29.6 Å². The van der Waals surface area contributed by atoms with Gasteiger partial charge in [-0.3, -0.25) is 0 Å². The molecular formula is C14H22ClNO3S2. The summed E-state index contributed by atoms with van der Waals surface area (Å²) >= 11 is 7.02. The van der Waals surface area contributed by atoms with Gasteiger partial charge in [-0.1, -0.05) is 0 Å². The molecule has 1 fully saturated rings. The molecule has 7 heteroatoms. The Balaban J connectivity index is 2.29. The maximum absolute atomic E-state index is 12.8. The summed E-state index contributed by atoms with van der Waals surface area (Å²) in [7, 11) is -3.47. The fraction of sp³-hybridized carbons (Fsp3) is 0.714. The van der Waals surface area contributed by atoms with Crippen LogP contribution >= 0.6 is 22.9 Å². The molecule has 1 aromatic rings. The van der Waals surface area contributed by atoms with Crippen LogP contribution in [-0.4, -0.2) is 42.9 Å². The molecule has 0 unspecified atom stereocenters. The predicted molar refractivity (Wildman–Crippen MR) is 86.7 cm³/mol. The minimum Gasteiger partial charge on any atom is -0.367 e.